The average Bonchev–Trinajstić information content (AvgIpc) is 2.50. The molecule has 3 aromatic rings. The topological polar surface area (TPSA) is 42.4 Å². The molecule has 0 aliphatic heterocycles. The number of nitrogens with zero attached hydrogens (tertiary/aromatic N) is 1. The lowest BCUT2D eigenvalue weighted by molar-refractivity contribution is 0.0977. The number of aliphatic hydroxyl groups is 1. The van der Waals surface area contributed by atoms with E-state index in [0.29, 0.717) is 12.2 Å². The van der Waals surface area contributed by atoms with Gasteiger partial charge in [-0.15, -0.1) is 0 Å². The first kappa shape index (κ1) is 12.6. The van der Waals surface area contributed by atoms with Crippen molar-refractivity contribution in [3.05, 3.63) is 72.1 Å². The molecule has 0 unspecified atom stereocenters. The summed E-state index contributed by atoms with van der Waals surface area (Å²) in [6.07, 6.45) is 2.50. The van der Waals surface area contributed by atoms with Crippen LogP contribution in [0, 0.1) is 0 Å². The molecular formula is C17H15NO2. The van der Waals surface area contributed by atoms with Gasteiger partial charge in [-0.25, -0.2) is 0 Å². The summed E-state index contributed by atoms with van der Waals surface area (Å²) in [6, 6.07) is 17.9. The number of para-hydroxylation sites is 1. The lowest BCUT2D eigenvalue weighted by atomic mass is 10.0. The first-order chi connectivity index (χ1) is 9.88. The Morgan fingerprint density at radius 3 is 2.65 bits per heavy atom. The van der Waals surface area contributed by atoms with Crippen molar-refractivity contribution < 1.29 is 9.84 Å². The standard InChI is InChI=1S/C17H15NO2/c19-12-20-17-8-4-2-6-14(17)11-16-15-7-3-1-5-13(15)9-10-18-16/h1-10,19H,11-12H2. The third kappa shape index (κ3) is 2.49. The molecular weight excluding hydrogens is 250 g/mol. The van der Waals surface area contributed by atoms with Gasteiger partial charge >= 0.3 is 0 Å². The maximum absolute atomic E-state index is 8.94. The molecule has 20 heavy (non-hydrogen) atoms. The van der Waals surface area contributed by atoms with Gasteiger partial charge in [-0.1, -0.05) is 42.5 Å². The highest BCUT2D eigenvalue weighted by Crippen LogP contribution is 2.24. The Balaban J connectivity index is 2.01. The van der Waals surface area contributed by atoms with Gasteiger partial charge in [0.1, 0.15) is 5.75 Å². The number of hydrogen-bond acceptors (Lipinski definition) is 3. The molecule has 100 valence electrons. The predicted octanol–water partition coefficient (Wildman–Crippen LogP) is 3.15. The molecule has 0 bridgehead atoms. The normalized spacial score (nSPS) is 10.7. The van der Waals surface area contributed by atoms with E-state index in [4.69, 9.17) is 9.84 Å². The van der Waals surface area contributed by atoms with Crippen LogP contribution >= 0.6 is 0 Å². The second-order valence-corrected chi connectivity index (χ2v) is 4.54. The number of aliphatic hydroxyl groups excluding tert-OH is 1. The van der Waals surface area contributed by atoms with E-state index in [1.165, 1.54) is 5.39 Å². The Morgan fingerprint density at radius 1 is 0.950 bits per heavy atom. The van der Waals surface area contributed by atoms with Crippen LogP contribution in [0.5, 0.6) is 5.75 Å². The van der Waals surface area contributed by atoms with Crippen LogP contribution in [0.25, 0.3) is 10.8 Å². The van der Waals surface area contributed by atoms with Crippen LogP contribution in [-0.2, 0) is 6.42 Å². The summed E-state index contributed by atoms with van der Waals surface area (Å²) >= 11 is 0. The van der Waals surface area contributed by atoms with Gasteiger partial charge in [-0.2, -0.15) is 0 Å². The molecule has 3 nitrogen and oxygen atoms in total. The smallest absolute Gasteiger partial charge is 0.186 e. The summed E-state index contributed by atoms with van der Waals surface area (Å²) in [7, 11) is 0. The summed E-state index contributed by atoms with van der Waals surface area (Å²) in [5.74, 6) is 0.699. The second-order valence-electron chi connectivity index (χ2n) is 4.54. The lowest BCUT2D eigenvalue weighted by Gasteiger charge is -2.10. The number of ether oxygens (including phenoxy) is 1. The van der Waals surface area contributed by atoms with Gasteiger partial charge in [0.05, 0.1) is 5.69 Å². The van der Waals surface area contributed by atoms with E-state index in [9.17, 15) is 0 Å². The Morgan fingerprint density at radius 2 is 1.75 bits per heavy atom. The van der Waals surface area contributed by atoms with Gasteiger partial charge in [0.25, 0.3) is 0 Å². The molecule has 0 atom stereocenters. The van der Waals surface area contributed by atoms with Gasteiger partial charge in [0.2, 0.25) is 0 Å². The van der Waals surface area contributed by atoms with Gasteiger partial charge in [0.15, 0.2) is 6.79 Å². The fourth-order valence-corrected chi connectivity index (χ4v) is 2.36. The maximum Gasteiger partial charge on any atom is 0.186 e. The van der Waals surface area contributed by atoms with Crippen LogP contribution in [0.3, 0.4) is 0 Å². The van der Waals surface area contributed by atoms with Gasteiger partial charge < -0.3 is 9.84 Å². The monoisotopic (exact) mass is 265 g/mol. The minimum atomic E-state index is -0.319. The molecule has 0 aliphatic carbocycles. The number of aromatic nitrogens is 1. The summed E-state index contributed by atoms with van der Waals surface area (Å²) in [4.78, 5) is 4.49. The zero-order valence-corrected chi connectivity index (χ0v) is 11.0. The molecule has 1 N–H and O–H groups in total. The molecule has 2 aromatic carbocycles. The molecule has 0 fully saturated rings. The van der Waals surface area contributed by atoms with Crippen LogP contribution in [0.15, 0.2) is 60.8 Å². The third-order valence-corrected chi connectivity index (χ3v) is 3.31. The molecule has 1 heterocycles. The van der Waals surface area contributed by atoms with Crippen LogP contribution < -0.4 is 4.74 Å². The van der Waals surface area contributed by atoms with Crippen molar-refractivity contribution in [2.24, 2.45) is 0 Å². The molecule has 1 aromatic heterocycles. The Hall–Kier alpha value is -2.39. The highest BCUT2D eigenvalue weighted by Gasteiger charge is 2.07. The second kappa shape index (κ2) is 5.72. The third-order valence-electron chi connectivity index (χ3n) is 3.31. The first-order valence-corrected chi connectivity index (χ1v) is 6.52. The quantitative estimate of drug-likeness (QED) is 0.737. The van der Waals surface area contributed by atoms with Gasteiger partial charge in [0, 0.05) is 23.6 Å². The summed E-state index contributed by atoms with van der Waals surface area (Å²) in [5, 5.41) is 11.3. The molecule has 0 saturated carbocycles. The minimum absolute atomic E-state index is 0.319. The SMILES string of the molecule is OCOc1ccccc1Cc1nccc2ccccc12. The highest BCUT2D eigenvalue weighted by molar-refractivity contribution is 5.84. The largest absolute Gasteiger partial charge is 0.467 e. The molecule has 0 saturated heterocycles. The van der Waals surface area contributed by atoms with E-state index in [2.05, 4.69) is 17.1 Å². The number of rotatable bonds is 4. The van der Waals surface area contributed by atoms with Crippen LogP contribution in [0.2, 0.25) is 0 Å². The van der Waals surface area contributed by atoms with E-state index < -0.39 is 0 Å². The Kier molecular flexibility index (Phi) is 3.61. The fraction of sp³-hybridized carbons (Fsp3) is 0.118. The lowest BCUT2D eigenvalue weighted by Crippen LogP contribution is -2.00. The minimum Gasteiger partial charge on any atom is -0.467 e. The van der Waals surface area contributed by atoms with Crippen molar-refractivity contribution in [3.8, 4) is 5.75 Å². The Labute approximate surface area is 117 Å². The first-order valence-electron chi connectivity index (χ1n) is 6.52. The summed E-state index contributed by atoms with van der Waals surface area (Å²) < 4.78 is 5.25. The molecule has 3 heteroatoms. The summed E-state index contributed by atoms with van der Waals surface area (Å²) in [6.45, 7) is -0.319. The predicted molar refractivity (Wildman–Crippen MR) is 78.7 cm³/mol. The van der Waals surface area contributed by atoms with Gasteiger partial charge in [-0.3, -0.25) is 4.98 Å². The average molecular weight is 265 g/mol. The van der Waals surface area contributed by atoms with Crippen molar-refractivity contribution in [2.45, 2.75) is 6.42 Å². The number of fused-ring (bicyclic) bond motifs is 1. The van der Waals surface area contributed by atoms with E-state index in [1.54, 1.807) is 0 Å². The summed E-state index contributed by atoms with van der Waals surface area (Å²) in [5.41, 5.74) is 2.03. The fourth-order valence-electron chi connectivity index (χ4n) is 2.36. The van der Waals surface area contributed by atoms with Crippen molar-refractivity contribution >= 4 is 10.8 Å². The van der Waals surface area contributed by atoms with E-state index in [1.807, 2.05) is 48.7 Å². The number of benzene rings is 2. The maximum atomic E-state index is 8.94. The van der Waals surface area contributed by atoms with Crippen LogP contribution in [-0.4, -0.2) is 16.9 Å². The van der Waals surface area contributed by atoms with Crippen molar-refractivity contribution in [1.82, 2.24) is 4.98 Å². The molecule has 0 amide bonds. The zero-order chi connectivity index (χ0) is 13.8. The molecule has 0 radical (unpaired) electrons. The van der Waals surface area contributed by atoms with Crippen molar-refractivity contribution in [2.75, 3.05) is 6.79 Å². The van der Waals surface area contributed by atoms with E-state index in [-0.39, 0.29) is 6.79 Å². The molecule has 0 aliphatic rings. The zero-order valence-electron chi connectivity index (χ0n) is 11.0. The van der Waals surface area contributed by atoms with E-state index in [0.717, 1.165) is 16.6 Å². The van der Waals surface area contributed by atoms with Crippen LogP contribution in [0.4, 0.5) is 0 Å². The Bertz CT molecular complexity index is 720. The number of hydrogen-bond donors (Lipinski definition) is 1. The van der Waals surface area contributed by atoms with E-state index >= 15 is 0 Å². The van der Waals surface area contributed by atoms with Gasteiger partial charge in [-0.05, 0) is 17.5 Å². The molecule has 0 spiro atoms. The number of pyridine rings is 1. The van der Waals surface area contributed by atoms with Crippen LogP contribution in [0.1, 0.15) is 11.3 Å². The van der Waals surface area contributed by atoms with Crippen molar-refractivity contribution in [1.29, 1.82) is 0 Å². The van der Waals surface area contributed by atoms with Crippen molar-refractivity contribution in [3.63, 3.8) is 0 Å². The molecule has 3 rings (SSSR count). The highest BCUT2D eigenvalue weighted by atomic mass is 16.6.